The molecule has 1 saturated carbocycles. The van der Waals surface area contributed by atoms with Crippen LogP contribution in [0.15, 0.2) is 30.3 Å². The molecule has 1 aromatic rings. The van der Waals surface area contributed by atoms with Gasteiger partial charge in [-0.3, -0.25) is 0 Å². The summed E-state index contributed by atoms with van der Waals surface area (Å²) in [5, 5.41) is 0. The highest BCUT2D eigenvalue weighted by Gasteiger charge is 2.28. The average Bonchev–Trinajstić information content (AvgIpc) is 2.64. The maximum atomic E-state index is 14.6. The standard InChI is InChI=1S/C23H37FO/c1-3-4-5-7-10-21(20-15-13-19(2)14-16-20)17-22(24)18-25-23-11-8-6-9-12-23/h6,8-9,11-12,19-22H,3-5,7,10,13-18H2,1-2H3/t19-,20-,21?,22?. The molecule has 0 aromatic heterocycles. The first-order chi connectivity index (χ1) is 12.2. The lowest BCUT2D eigenvalue weighted by molar-refractivity contribution is 0.122. The molecule has 0 bridgehead atoms. The highest BCUT2D eigenvalue weighted by atomic mass is 19.1. The summed E-state index contributed by atoms with van der Waals surface area (Å²) in [6.45, 7) is 4.80. The Hall–Kier alpha value is -1.05. The van der Waals surface area contributed by atoms with E-state index in [1.807, 2.05) is 30.3 Å². The van der Waals surface area contributed by atoms with Crippen LogP contribution in [0, 0.1) is 17.8 Å². The fraction of sp³-hybridized carbons (Fsp3) is 0.739. The largest absolute Gasteiger partial charge is 0.491 e. The molecule has 0 radical (unpaired) electrons. The van der Waals surface area contributed by atoms with Crippen LogP contribution in [0.25, 0.3) is 0 Å². The molecule has 0 spiro atoms. The second-order valence-corrected chi connectivity index (χ2v) is 8.09. The van der Waals surface area contributed by atoms with Gasteiger partial charge in [-0.15, -0.1) is 0 Å². The van der Waals surface area contributed by atoms with Crippen molar-refractivity contribution in [2.75, 3.05) is 6.61 Å². The Balaban J connectivity index is 1.80. The number of ether oxygens (including phenoxy) is 1. The first-order valence-corrected chi connectivity index (χ1v) is 10.5. The molecule has 25 heavy (non-hydrogen) atoms. The van der Waals surface area contributed by atoms with E-state index in [9.17, 15) is 4.39 Å². The summed E-state index contributed by atoms with van der Waals surface area (Å²) in [4.78, 5) is 0. The minimum atomic E-state index is -0.851. The zero-order valence-electron chi connectivity index (χ0n) is 16.3. The normalized spacial score (nSPS) is 23.2. The first-order valence-electron chi connectivity index (χ1n) is 10.5. The number of rotatable bonds is 11. The highest BCUT2D eigenvalue weighted by molar-refractivity contribution is 5.20. The fourth-order valence-corrected chi connectivity index (χ4v) is 4.24. The number of halogens is 1. The fourth-order valence-electron chi connectivity index (χ4n) is 4.24. The molecule has 0 amide bonds. The third-order valence-corrected chi connectivity index (χ3v) is 5.89. The van der Waals surface area contributed by atoms with Crippen molar-refractivity contribution in [3.8, 4) is 5.75 Å². The lowest BCUT2D eigenvalue weighted by atomic mass is 9.73. The summed E-state index contributed by atoms with van der Waals surface area (Å²) in [5.41, 5.74) is 0. The Morgan fingerprint density at radius 3 is 2.44 bits per heavy atom. The van der Waals surface area contributed by atoms with E-state index in [2.05, 4.69) is 13.8 Å². The van der Waals surface area contributed by atoms with Crippen molar-refractivity contribution in [3.63, 3.8) is 0 Å². The van der Waals surface area contributed by atoms with Gasteiger partial charge in [-0.05, 0) is 49.1 Å². The van der Waals surface area contributed by atoms with Crippen LogP contribution in [0.4, 0.5) is 4.39 Å². The van der Waals surface area contributed by atoms with Crippen molar-refractivity contribution in [2.45, 2.75) is 84.2 Å². The first kappa shape index (κ1) is 20.3. The summed E-state index contributed by atoms with van der Waals surface area (Å²) in [6.07, 6.45) is 11.4. The van der Waals surface area contributed by atoms with E-state index >= 15 is 0 Å². The van der Waals surface area contributed by atoms with E-state index in [0.29, 0.717) is 12.3 Å². The summed E-state index contributed by atoms with van der Waals surface area (Å²) >= 11 is 0. The molecule has 1 aromatic carbocycles. The monoisotopic (exact) mass is 348 g/mol. The van der Waals surface area contributed by atoms with Crippen LogP contribution in [0.5, 0.6) is 5.75 Å². The van der Waals surface area contributed by atoms with Gasteiger partial charge in [-0.25, -0.2) is 4.39 Å². The molecule has 2 rings (SSSR count). The van der Waals surface area contributed by atoms with E-state index in [1.54, 1.807) is 0 Å². The topological polar surface area (TPSA) is 9.23 Å². The van der Waals surface area contributed by atoms with E-state index in [0.717, 1.165) is 17.6 Å². The Bertz CT molecular complexity index is 439. The van der Waals surface area contributed by atoms with Crippen molar-refractivity contribution in [1.82, 2.24) is 0 Å². The van der Waals surface area contributed by atoms with Crippen LogP contribution in [-0.4, -0.2) is 12.8 Å². The van der Waals surface area contributed by atoms with Crippen LogP contribution in [0.3, 0.4) is 0 Å². The zero-order valence-corrected chi connectivity index (χ0v) is 16.3. The average molecular weight is 349 g/mol. The quantitative estimate of drug-likeness (QED) is 0.384. The predicted octanol–water partition coefficient (Wildman–Crippen LogP) is 7.21. The molecular formula is C23H37FO. The molecule has 142 valence electrons. The minimum absolute atomic E-state index is 0.193. The molecule has 2 atom stereocenters. The number of alkyl halides is 1. The maximum Gasteiger partial charge on any atom is 0.134 e. The Morgan fingerprint density at radius 1 is 1.04 bits per heavy atom. The zero-order chi connectivity index (χ0) is 17.9. The van der Waals surface area contributed by atoms with Crippen LogP contribution in [0.1, 0.15) is 78.1 Å². The third kappa shape index (κ3) is 7.79. The molecule has 2 unspecified atom stereocenters. The third-order valence-electron chi connectivity index (χ3n) is 5.89. The highest BCUT2D eigenvalue weighted by Crippen LogP contribution is 2.38. The van der Waals surface area contributed by atoms with Crippen molar-refractivity contribution in [1.29, 1.82) is 0 Å². The van der Waals surface area contributed by atoms with E-state index in [4.69, 9.17) is 4.74 Å². The van der Waals surface area contributed by atoms with Crippen molar-refractivity contribution >= 4 is 0 Å². The van der Waals surface area contributed by atoms with E-state index in [1.165, 1.54) is 57.8 Å². The van der Waals surface area contributed by atoms with Gasteiger partial charge in [-0.2, -0.15) is 0 Å². The van der Waals surface area contributed by atoms with Gasteiger partial charge in [0.1, 0.15) is 18.5 Å². The van der Waals surface area contributed by atoms with Gasteiger partial charge >= 0.3 is 0 Å². The lowest BCUT2D eigenvalue weighted by Gasteiger charge is -2.33. The Morgan fingerprint density at radius 2 is 1.76 bits per heavy atom. The second kappa shape index (κ2) is 11.5. The Kier molecular flexibility index (Phi) is 9.36. The molecule has 2 heteroatoms. The molecule has 0 heterocycles. The molecule has 1 fully saturated rings. The number of para-hydroxylation sites is 1. The Labute approximate surface area is 154 Å². The summed E-state index contributed by atoms with van der Waals surface area (Å²) in [5.74, 6) is 2.90. The number of hydrogen-bond donors (Lipinski definition) is 0. The van der Waals surface area contributed by atoms with Crippen molar-refractivity contribution < 1.29 is 9.13 Å². The molecular weight excluding hydrogens is 311 g/mol. The second-order valence-electron chi connectivity index (χ2n) is 8.09. The molecule has 0 saturated heterocycles. The maximum absolute atomic E-state index is 14.6. The van der Waals surface area contributed by atoms with Gasteiger partial charge in [0.25, 0.3) is 0 Å². The summed E-state index contributed by atoms with van der Waals surface area (Å²) < 4.78 is 20.3. The number of benzene rings is 1. The van der Waals surface area contributed by atoms with Gasteiger partial charge in [-0.1, -0.05) is 77.0 Å². The molecule has 1 aliphatic rings. The van der Waals surface area contributed by atoms with Crippen LogP contribution < -0.4 is 4.74 Å². The van der Waals surface area contributed by atoms with Crippen LogP contribution in [-0.2, 0) is 0 Å². The van der Waals surface area contributed by atoms with Crippen molar-refractivity contribution in [2.24, 2.45) is 17.8 Å². The van der Waals surface area contributed by atoms with Gasteiger partial charge < -0.3 is 4.74 Å². The van der Waals surface area contributed by atoms with Gasteiger partial charge in [0.2, 0.25) is 0 Å². The lowest BCUT2D eigenvalue weighted by Crippen LogP contribution is -2.26. The number of unbranched alkanes of at least 4 members (excludes halogenated alkanes) is 3. The summed E-state index contributed by atoms with van der Waals surface area (Å²) in [7, 11) is 0. The van der Waals surface area contributed by atoms with E-state index in [-0.39, 0.29) is 6.61 Å². The smallest absolute Gasteiger partial charge is 0.134 e. The summed E-state index contributed by atoms with van der Waals surface area (Å²) in [6, 6.07) is 9.62. The van der Waals surface area contributed by atoms with Crippen LogP contribution in [0.2, 0.25) is 0 Å². The SMILES string of the molecule is CCCCCCC(CC(F)COc1ccccc1)[C@H]1CC[C@H](C)CC1. The van der Waals surface area contributed by atoms with Gasteiger partial charge in [0, 0.05) is 0 Å². The van der Waals surface area contributed by atoms with Crippen molar-refractivity contribution in [3.05, 3.63) is 30.3 Å². The minimum Gasteiger partial charge on any atom is -0.491 e. The van der Waals surface area contributed by atoms with E-state index < -0.39 is 6.17 Å². The number of hydrogen-bond acceptors (Lipinski definition) is 1. The van der Waals surface area contributed by atoms with Gasteiger partial charge in [0.05, 0.1) is 0 Å². The molecule has 0 N–H and O–H groups in total. The molecule has 1 nitrogen and oxygen atoms in total. The van der Waals surface area contributed by atoms with Gasteiger partial charge in [0.15, 0.2) is 0 Å². The predicted molar refractivity (Wildman–Crippen MR) is 105 cm³/mol. The molecule has 0 aliphatic heterocycles. The van der Waals surface area contributed by atoms with Crippen LogP contribution >= 0.6 is 0 Å². The molecule has 1 aliphatic carbocycles.